The summed E-state index contributed by atoms with van der Waals surface area (Å²) < 4.78 is 22.2. The highest BCUT2D eigenvalue weighted by Gasteiger charge is 2.25. The number of ether oxygens (including phenoxy) is 4. The summed E-state index contributed by atoms with van der Waals surface area (Å²) in [5.41, 5.74) is 8.52. The summed E-state index contributed by atoms with van der Waals surface area (Å²) in [6, 6.07) is 18.7. The Labute approximate surface area is 226 Å². The van der Waals surface area contributed by atoms with Crippen LogP contribution in [-0.2, 0) is 6.61 Å². The molecule has 10 nitrogen and oxygen atoms in total. The zero-order valence-corrected chi connectivity index (χ0v) is 22.2. The van der Waals surface area contributed by atoms with Crippen LogP contribution in [-0.4, -0.2) is 68.3 Å². The summed E-state index contributed by atoms with van der Waals surface area (Å²) in [4.78, 5) is 26.4. The third-order valence-electron chi connectivity index (χ3n) is 6.72. The standard InChI is InChI=1S/C29H31N5O5/c1-36-24-15-20(9-10-23(24)39-18-19-7-5-4-6-8-19)28(35)33-11-13-34(14-12-33)29-31-22-17-26(38-3)25(37-2)16-21(22)27(30)32-29/h4-10,15-17H,11-14,18H2,1-3H3,(H2,30,31,32). The van der Waals surface area contributed by atoms with Gasteiger partial charge in [-0.3, -0.25) is 4.79 Å². The van der Waals surface area contributed by atoms with Crippen molar-refractivity contribution in [2.75, 3.05) is 58.1 Å². The number of nitrogens with two attached hydrogens (primary N) is 1. The molecule has 39 heavy (non-hydrogen) atoms. The average Bonchev–Trinajstić information content (AvgIpc) is 2.99. The van der Waals surface area contributed by atoms with E-state index < -0.39 is 0 Å². The van der Waals surface area contributed by atoms with E-state index in [2.05, 4.69) is 4.98 Å². The summed E-state index contributed by atoms with van der Waals surface area (Å²) >= 11 is 0. The van der Waals surface area contributed by atoms with Crippen LogP contribution < -0.4 is 29.6 Å². The number of nitrogens with zero attached hydrogens (tertiary/aromatic N) is 4. The number of nitrogen functional groups attached to an aromatic ring is 1. The predicted octanol–water partition coefficient (Wildman–Crippen LogP) is 3.78. The molecule has 0 saturated carbocycles. The van der Waals surface area contributed by atoms with Gasteiger partial charge in [-0.2, -0.15) is 4.98 Å². The van der Waals surface area contributed by atoms with E-state index in [-0.39, 0.29) is 5.91 Å². The number of carbonyl (C=O) groups is 1. The molecule has 0 unspecified atom stereocenters. The Kier molecular flexibility index (Phi) is 7.53. The van der Waals surface area contributed by atoms with Gasteiger partial charge in [0.15, 0.2) is 23.0 Å². The van der Waals surface area contributed by atoms with Gasteiger partial charge in [0.05, 0.1) is 26.8 Å². The Bertz CT molecular complexity index is 1470. The number of methoxy groups -OCH3 is 3. The van der Waals surface area contributed by atoms with Gasteiger partial charge in [-0.15, -0.1) is 0 Å². The van der Waals surface area contributed by atoms with Gasteiger partial charge < -0.3 is 34.5 Å². The molecular weight excluding hydrogens is 498 g/mol. The van der Waals surface area contributed by atoms with Crippen molar-refractivity contribution in [2.24, 2.45) is 0 Å². The molecule has 0 bridgehead atoms. The number of amides is 1. The molecule has 0 aliphatic carbocycles. The molecule has 1 aromatic heterocycles. The SMILES string of the molecule is COc1cc2nc(N3CCN(C(=O)c4ccc(OCc5ccccc5)c(OC)c4)CC3)nc(N)c2cc1OC. The number of hydrogen-bond donors (Lipinski definition) is 1. The molecule has 1 aliphatic heterocycles. The molecule has 0 atom stereocenters. The number of rotatable bonds is 8. The van der Waals surface area contributed by atoms with E-state index in [1.165, 1.54) is 0 Å². The first-order valence-corrected chi connectivity index (χ1v) is 12.6. The summed E-state index contributed by atoms with van der Waals surface area (Å²) in [6.07, 6.45) is 0. The van der Waals surface area contributed by atoms with Crippen LogP contribution in [0.15, 0.2) is 60.7 Å². The van der Waals surface area contributed by atoms with Crippen molar-refractivity contribution in [3.8, 4) is 23.0 Å². The van der Waals surface area contributed by atoms with E-state index in [9.17, 15) is 4.79 Å². The van der Waals surface area contributed by atoms with Crippen molar-refractivity contribution in [3.05, 3.63) is 71.8 Å². The number of benzene rings is 3. The highest BCUT2D eigenvalue weighted by molar-refractivity contribution is 5.95. The summed E-state index contributed by atoms with van der Waals surface area (Å²) in [5, 5.41) is 0.690. The smallest absolute Gasteiger partial charge is 0.254 e. The molecule has 2 heterocycles. The van der Waals surface area contributed by atoms with Crippen molar-refractivity contribution in [1.29, 1.82) is 0 Å². The zero-order chi connectivity index (χ0) is 27.4. The summed E-state index contributed by atoms with van der Waals surface area (Å²) in [5.74, 6) is 3.03. The van der Waals surface area contributed by atoms with Gasteiger partial charge in [-0.05, 0) is 29.8 Å². The normalized spacial score (nSPS) is 13.3. The number of hydrogen-bond acceptors (Lipinski definition) is 9. The van der Waals surface area contributed by atoms with Gasteiger partial charge in [0, 0.05) is 43.2 Å². The quantitative estimate of drug-likeness (QED) is 0.364. The van der Waals surface area contributed by atoms with E-state index in [0.29, 0.717) is 84.0 Å². The van der Waals surface area contributed by atoms with Crippen LogP contribution in [0.1, 0.15) is 15.9 Å². The van der Waals surface area contributed by atoms with Crippen LogP contribution >= 0.6 is 0 Å². The molecule has 1 aliphatic rings. The van der Waals surface area contributed by atoms with E-state index in [0.717, 1.165) is 5.56 Å². The second kappa shape index (κ2) is 11.3. The fourth-order valence-electron chi connectivity index (χ4n) is 4.56. The molecule has 2 N–H and O–H groups in total. The van der Waals surface area contributed by atoms with Gasteiger partial charge >= 0.3 is 0 Å². The Balaban J connectivity index is 1.26. The van der Waals surface area contributed by atoms with Crippen LogP contribution in [0, 0.1) is 0 Å². The van der Waals surface area contributed by atoms with Gasteiger partial charge in [-0.1, -0.05) is 30.3 Å². The topological polar surface area (TPSA) is 112 Å². The van der Waals surface area contributed by atoms with Crippen molar-refractivity contribution in [2.45, 2.75) is 6.61 Å². The highest BCUT2D eigenvalue weighted by atomic mass is 16.5. The van der Waals surface area contributed by atoms with E-state index in [1.807, 2.05) is 40.1 Å². The molecule has 0 radical (unpaired) electrons. The highest BCUT2D eigenvalue weighted by Crippen LogP contribution is 2.34. The molecule has 3 aromatic carbocycles. The number of piperazine rings is 1. The fourth-order valence-corrected chi connectivity index (χ4v) is 4.56. The van der Waals surface area contributed by atoms with Crippen LogP contribution in [0.2, 0.25) is 0 Å². The maximum atomic E-state index is 13.3. The van der Waals surface area contributed by atoms with Gasteiger partial charge in [0.2, 0.25) is 5.95 Å². The molecule has 5 rings (SSSR count). The number of anilines is 2. The van der Waals surface area contributed by atoms with Crippen LogP contribution in [0.5, 0.6) is 23.0 Å². The third kappa shape index (κ3) is 5.45. The van der Waals surface area contributed by atoms with Crippen LogP contribution in [0.3, 0.4) is 0 Å². The first-order valence-electron chi connectivity index (χ1n) is 12.6. The van der Waals surface area contributed by atoms with Crippen molar-refractivity contribution >= 4 is 28.6 Å². The monoisotopic (exact) mass is 529 g/mol. The predicted molar refractivity (Wildman–Crippen MR) is 149 cm³/mol. The minimum absolute atomic E-state index is 0.0710. The third-order valence-corrected chi connectivity index (χ3v) is 6.72. The minimum atomic E-state index is -0.0710. The van der Waals surface area contributed by atoms with Gasteiger partial charge in [0.25, 0.3) is 5.91 Å². The van der Waals surface area contributed by atoms with Crippen molar-refractivity contribution in [1.82, 2.24) is 14.9 Å². The first kappa shape index (κ1) is 25.9. The maximum absolute atomic E-state index is 13.3. The number of fused-ring (bicyclic) bond motifs is 1. The molecule has 10 heteroatoms. The summed E-state index contributed by atoms with van der Waals surface area (Å²) in [6.45, 7) is 2.58. The Morgan fingerprint density at radius 1 is 0.821 bits per heavy atom. The van der Waals surface area contributed by atoms with Crippen LogP contribution in [0.4, 0.5) is 11.8 Å². The van der Waals surface area contributed by atoms with Crippen LogP contribution in [0.25, 0.3) is 10.9 Å². The Morgan fingerprint density at radius 3 is 2.18 bits per heavy atom. The molecule has 202 valence electrons. The Hall–Kier alpha value is -4.73. The van der Waals surface area contributed by atoms with Gasteiger partial charge in [0.1, 0.15) is 12.4 Å². The molecule has 4 aromatic rings. The maximum Gasteiger partial charge on any atom is 0.254 e. The van der Waals surface area contributed by atoms with E-state index in [4.69, 9.17) is 29.7 Å². The lowest BCUT2D eigenvalue weighted by molar-refractivity contribution is 0.0745. The number of aromatic nitrogens is 2. The van der Waals surface area contributed by atoms with Gasteiger partial charge in [-0.25, -0.2) is 4.98 Å². The lowest BCUT2D eigenvalue weighted by Gasteiger charge is -2.35. The zero-order valence-electron chi connectivity index (χ0n) is 22.2. The molecule has 1 amide bonds. The summed E-state index contributed by atoms with van der Waals surface area (Å²) in [7, 11) is 4.71. The molecule has 0 spiro atoms. The minimum Gasteiger partial charge on any atom is -0.493 e. The lowest BCUT2D eigenvalue weighted by atomic mass is 10.1. The molecular formula is C29H31N5O5. The fraction of sp³-hybridized carbons (Fsp3) is 0.276. The van der Waals surface area contributed by atoms with Crippen molar-refractivity contribution < 1.29 is 23.7 Å². The molecule has 1 fully saturated rings. The first-order chi connectivity index (χ1) is 19.0. The van der Waals surface area contributed by atoms with Crippen molar-refractivity contribution in [3.63, 3.8) is 0 Å². The van der Waals surface area contributed by atoms with E-state index in [1.54, 1.807) is 51.7 Å². The number of carbonyl (C=O) groups excluding carboxylic acids is 1. The Morgan fingerprint density at radius 2 is 1.49 bits per heavy atom. The average molecular weight is 530 g/mol. The second-order valence-corrected chi connectivity index (χ2v) is 9.05. The second-order valence-electron chi connectivity index (χ2n) is 9.05. The van der Waals surface area contributed by atoms with E-state index >= 15 is 0 Å². The molecule has 1 saturated heterocycles. The lowest BCUT2D eigenvalue weighted by Crippen LogP contribution is -2.49. The largest absolute Gasteiger partial charge is 0.493 e.